The lowest BCUT2D eigenvalue weighted by atomic mass is 10.1. The Balaban J connectivity index is 0.00000288. The summed E-state index contributed by atoms with van der Waals surface area (Å²) in [5.41, 5.74) is 6.99. The van der Waals surface area contributed by atoms with E-state index in [1.807, 2.05) is 24.3 Å². The number of nitrogens with two attached hydrogens (primary N) is 1. The van der Waals surface area contributed by atoms with Crippen LogP contribution >= 0.6 is 35.6 Å². The summed E-state index contributed by atoms with van der Waals surface area (Å²) in [6.07, 6.45) is 2.34. The number of hydrogen-bond acceptors (Lipinski definition) is 3. The largest absolute Gasteiger partial charge is 0.375 e. The highest BCUT2D eigenvalue weighted by atomic mass is 127. The highest BCUT2D eigenvalue weighted by Crippen LogP contribution is 2.20. The van der Waals surface area contributed by atoms with E-state index in [0.717, 1.165) is 18.7 Å². The number of rotatable bonds is 7. The molecule has 1 aliphatic rings. The topological polar surface area (TPSA) is 62.9 Å². The summed E-state index contributed by atoms with van der Waals surface area (Å²) in [4.78, 5) is 6.89. The SMILES string of the molecule is CCN1CCCC1CNC(N)=NCC(OC)c1cccc(Cl)c1.I. The van der Waals surface area contributed by atoms with E-state index >= 15 is 0 Å². The number of guanidine groups is 1. The number of likely N-dealkylation sites (N-methyl/N-ethyl adjacent to an activating group) is 1. The first-order chi connectivity index (χ1) is 11.1. The Kier molecular flexibility index (Phi) is 9.95. The Morgan fingerprint density at radius 2 is 2.33 bits per heavy atom. The van der Waals surface area contributed by atoms with E-state index in [0.29, 0.717) is 23.6 Å². The third kappa shape index (κ3) is 6.38. The molecule has 0 aromatic heterocycles. The van der Waals surface area contributed by atoms with Gasteiger partial charge in [-0.25, -0.2) is 0 Å². The van der Waals surface area contributed by atoms with Gasteiger partial charge in [-0.3, -0.25) is 9.89 Å². The third-order valence-corrected chi connectivity index (χ3v) is 4.59. The van der Waals surface area contributed by atoms with Crippen molar-refractivity contribution in [2.24, 2.45) is 10.7 Å². The van der Waals surface area contributed by atoms with Gasteiger partial charge in [0.2, 0.25) is 0 Å². The minimum Gasteiger partial charge on any atom is -0.375 e. The fraction of sp³-hybridized carbons (Fsp3) is 0.588. The quantitative estimate of drug-likeness (QED) is 0.368. The molecular formula is C17H28ClIN4O. The number of likely N-dealkylation sites (tertiary alicyclic amines) is 1. The number of aliphatic imine (C=N–C) groups is 1. The standard InChI is InChI=1S/C17H27ClN4O.HI/c1-3-22-9-5-8-15(22)11-20-17(19)21-12-16(23-2)13-6-4-7-14(18)10-13;/h4,6-7,10,15-16H,3,5,8-9,11-12H2,1-2H3,(H3,19,20,21);1H. The normalized spacial score (nSPS) is 19.8. The van der Waals surface area contributed by atoms with E-state index in [2.05, 4.69) is 22.1 Å². The molecule has 1 heterocycles. The van der Waals surface area contributed by atoms with Gasteiger partial charge in [-0.15, -0.1) is 24.0 Å². The smallest absolute Gasteiger partial charge is 0.188 e. The van der Waals surface area contributed by atoms with Crippen LogP contribution in [0.2, 0.25) is 5.02 Å². The number of nitrogens with zero attached hydrogens (tertiary/aromatic N) is 2. The van der Waals surface area contributed by atoms with E-state index in [9.17, 15) is 0 Å². The van der Waals surface area contributed by atoms with Crippen LogP contribution in [0.15, 0.2) is 29.3 Å². The minimum atomic E-state index is -0.146. The molecule has 0 bridgehead atoms. The number of ether oxygens (including phenoxy) is 1. The van der Waals surface area contributed by atoms with Gasteiger partial charge < -0.3 is 15.8 Å². The van der Waals surface area contributed by atoms with Crippen LogP contribution in [-0.4, -0.2) is 50.2 Å². The van der Waals surface area contributed by atoms with Crippen LogP contribution in [0, 0.1) is 0 Å². The molecule has 1 saturated heterocycles. The zero-order chi connectivity index (χ0) is 16.7. The lowest BCUT2D eigenvalue weighted by Crippen LogP contribution is -2.42. The van der Waals surface area contributed by atoms with Gasteiger partial charge in [0.1, 0.15) is 6.10 Å². The summed E-state index contributed by atoms with van der Waals surface area (Å²) in [5, 5.41) is 3.93. The molecule has 3 N–H and O–H groups in total. The summed E-state index contributed by atoms with van der Waals surface area (Å²) in [6.45, 7) is 5.78. The fourth-order valence-electron chi connectivity index (χ4n) is 3.03. The third-order valence-electron chi connectivity index (χ3n) is 4.36. The highest BCUT2D eigenvalue weighted by molar-refractivity contribution is 14.0. The van der Waals surface area contributed by atoms with Crippen LogP contribution in [0.1, 0.15) is 31.4 Å². The van der Waals surface area contributed by atoms with E-state index in [4.69, 9.17) is 22.1 Å². The monoisotopic (exact) mass is 466 g/mol. The number of hydrogen-bond donors (Lipinski definition) is 2. The molecule has 0 spiro atoms. The number of halogens is 2. The lowest BCUT2D eigenvalue weighted by Gasteiger charge is -2.23. The Hall–Kier alpha value is -0.570. The van der Waals surface area contributed by atoms with Crippen LogP contribution in [0.5, 0.6) is 0 Å². The molecule has 1 fully saturated rings. The molecule has 0 saturated carbocycles. The number of benzene rings is 1. The Labute approximate surface area is 167 Å². The van der Waals surface area contributed by atoms with E-state index in [1.54, 1.807) is 7.11 Å². The van der Waals surface area contributed by atoms with Crippen molar-refractivity contribution in [3.63, 3.8) is 0 Å². The van der Waals surface area contributed by atoms with Gasteiger partial charge in [0.15, 0.2) is 5.96 Å². The summed E-state index contributed by atoms with van der Waals surface area (Å²) in [5.74, 6) is 0.469. The van der Waals surface area contributed by atoms with Crippen LogP contribution in [0.25, 0.3) is 0 Å². The second-order valence-electron chi connectivity index (χ2n) is 5.81. The molecule has 24 heavy (non-hydrogen) atoms. The zero-order valence-electron chi connectivity index (χ0n) is 14.4. The molecule has 0 aliphatic carbocycles. The van der Waals surface area contributed by atoms with Gasteiger partial charge in [-0.2, -0.15) is 0 Å². The van der Waals surface area contributed by atoms with Crippen molar-refractivity contribution in [1.29, 1.82) is 0 Å². The second kappa shape index (κ2) is 11.1. The summed E-state index contributed by atoms with van der Waals surface area (Å²) in [6, 6.07) is 8.19. The fourth-order valence-corrected chi connectivity index (χ4v) is 3.22. The Bertz CT molecular complexity index is 529. The highest BCUT2D eigenvalue weighted by Gasteiger charge is 2.22. The average molecular weight is 467 g/mol. The molecule has 1 aliphatic heterocycles. The van der Waals surface area contributed by atoms with Gasteiger partial charge in [-0.1, -0.05) is 30.7 Å². The minimum absolute atomic E-state index is 0. The van der Waals surface area contributed by atoms with E-state index in [-0.39, 0.29) is 30.1 Å². The summed E-state index contributed by atoms with van der Waals surface area (Å²) in [7, 11) is 1.67. The van der Waals surface area contributed by atoms with Crippen LogP contribution in [-0.2, 0) is 4.74 Å². The van der Waals surface area contributed by atoms with Crippen molar-refractivity contribution >= 4 is 41.5 Å². The molecule has 1 aromatic carbocycles. The number of nitrogens with one attached hydrogen (secondary N) is 1. The van der Waals surface area contributed by atoms with Gasteiger partial charge in [0, 0.05) is 24.7 Å². The average Bonchev–Trinajstić information content (AvgIpc) is 3.01. The van der Waals surface area contributed by atoms with Crippen molar-refractivity contribution in [3.8, 4) is 0 Å². The maximum absolute atomic E-state index is 6.03. The van der Waals surface area contributed by atoms with Crippen molar-refractivity contribution in [2.75, 3.05) is 33.3 Å². The van der Waals surface area contributed by atoms with Crippen molar-refractivity contribution in [2.45, 2.75) is 31.9 Å². The molecule has 2 atom stereocenters. The predicted molar refractivity (Wildman–Crippen MR) is 111 cm³/mol. The maximum Gasteiger partial charge on any atom is 0.188 e. The molecule has 2 unspecified atom stereocenters. The predicted octanol–water partition coefficient (Wildman–Crippen LogP) is 3.03. The molecule has 5 nitrogen and oxygen atoms in total. The van der Waals surface area contributed by atoms with Crippen LogP contribution < -0.4 is 11.1 Å². The molecule has 1 aromatic rings. The zero-order valence-corrected chi connectivity index (χ0v) is 17.5. The first-order valence-corrected chi connectivity index (χ1v) is 8.58. The van der Waals surface area contributed by atoms with Crippen LogP contribution in [0.3, 0.4) is 0 Å². The van der Waals surface area contributed by atoms with Crippen molar-refractivity contribution in [3.05, 3.63) is 34.9 Å². The van der Waals surface area contributed by atoms with Crippen molar-refractivity contribution < 1.29 is 4.74 Å². The molecule has 0 amide bonds. The Morgan fingerprint density at radius 3 is 3.00 bits per heavy atom. The molecule has 2 rings (SSSR count). The first kappa shape index (κ1) is 21.5. The number of methoxy groups -OCH3 is 1. The van der Waals surface area contributed by atoms with Gasteiger partial charge in [0.05, 0.1) is 6.54 Å². The lowest BCUT2D eigenvalue weighted by molar-refractivity contribution is 0.111. The van der Waals surface area contributed by atoms with Gasteiger partial charge in [0.25, 0.3) is 0 Å². The van der Waals surface area contributed by atoms with Crippen LogP contribution in [0.4, 0.5) is 0 Å². The summed E-state index contributed by atoms with van der Waals surface area (Å²) < 4.78 is 5.50. The van der Waals surface area contributed by atoms with Crippen molar-refractivity contribution in [1.82, 2.24) is 10.2 Å². The second-order valence-corrected chi connectivity index (χ2v) is 6.25. The van der Waals surface area contributed by atoms with Gasteiger partial charge >= 0.3 is 0 Å². The summed E-state index contributed by atoms with van der Waals surface area (Å²) >= 11 is 6.03. The molecule has 136 valence electrons. The van der Waals surface area contributed by atoms with E-state index < -0.39 is 0 Å². The van der Waals surface area contributed by atoms with Gasteiger partial charge in [-0.05, 0) is 43.6 Å². The molecular weight excluding hydrogens is 439 g/mol. The first-order valence-electron chi connectivity index (χ1n) is 8.20. The Morgan fingerprint density at radius 1 is 1.54 bits per heavy atom. The maximum atomic E-state index is 6.03. The molecule has 7 heteroatoms. The van der Waals surface area contributed by atoms with E-state index in [1.165, 1.54) is 19.4 Å². The molecule has 0 radical (unpaired) electrons.